The summed E-state index contributed by atoms with van der Waals surface area (Å²) in [6.45, 7) is 20.3. The van der Waals surface area contributed by atoms with Gasteiger partial charge in [-0.1, -0.05) is 106 Å². The third-order valence-electron chi connectivity index (χ3n) is 10.4. The molecule has 0 amide bonds. The Kier molecular flexibility index (Phi) is 12.8. The van der Waals surface area contributed by atoms with Crippen LogP contribution in [0.4, 0.5) is 0 Å². The lowest BCUT2D eigenvalue weighted by atomic mass is 9.70. The van der Waals surface area contributed by atoms with Gasteiger partial charge in [-0.05, 0) is 126 Å². The maximum absolute atomic E-state index is 10.3. The van der Waals surface area contributed by atoms with Gasteiger partial charge in [0.15, 0.2) is 0 Å². The van der Waals surface area contributed by atoms with Crippen molar-refractivity contribution in [3.63, 3.8) is 0 Å². The Bertz CT molecular complexity index is 1070. The highest BCUT2D eigenvalue weighted by Gasteiger charge is 2.41. The van der Waals surface area contributed by atoms with E-state index in [-0.39, 0.29) is 23.0 Å². The van der Waals surface area contributed by atoms with Crippen molar-refractivity contribution in [3.05, 3.63) is 70.4 Å². The van der Waals surface area contributed by atoms with Crippen molar-refractivity contribution in [2.75, 3.05) is 0 Å². The van der Waals surface area contributed by atoms with Crippen LogP contribution in [-0.2, 0) is 0 Å². The fraction of sp³-hybridized carbons (Fsp3) is 0.700. The minimum absolute atomic E-state index is 0.0515. The number of unbranched alkanes of at least 4 members (excludes halogenated alkanes) is 1. The Morgan fingerprint density at radius 2 is 1.74 bits per heavy atom. The third kappa shape index (κ3) is 10.8. The van der Waals surface area contributed by atoms with Gasteiger partial charge in [-0.2, -0.15) is 0 Å². The number of rotatable bonds is 14. The molecular weight excluding hydrogens is 512 g/mol. The Hall–Kier alpha value is -1.64. The summed E-state index contributed by atoms with van der Waals surface area (Å²) in [5.41, 5.74) is 7.47. The summed E-state index contributed by atoms with van der Waals surface area (Å²) < 4.78 is 0. The smallest absolute Gasteiger partial charge is 0.0608 e. The molecule has 0 radical (unpaired) electrons. The summed E-state index contributed by atoms with van der Waals surface area (Å²) >= 11 is 0. The molecule has 0 aliphatic heterocycles. The van der Waals surface area contributed by atoms with Crippen molar-refractivity contribution in [1.82, 2.24) is 0 Å². The molecule has 2 heteroatoms. The highest BCUT2D eigenvalue weighted by Crippen LogP contribution is 2.51. The summed E-state index contributed by atoms with van der Waals surface area (Å²) in [6.07, 6.45) is 28.6. The van der Waals surface area contributed by atoms with E-state index in [1.807, 2.05) is 0 Å². The average Bonchev–Trinajstić information content (AvgIpc) is 3.61. The fourth-order valence-electron chi connectivity index (χ4n) is 7.48. The van der Waals surface area contributed by atoms with E-state index in [0.717, 1.165) is 50.4 Å². The quantitative estimate of drug-likeness (QED) is 0.123. The number of aliphatic hydroxyl groups excluding tert-OH is 2. The summed E-state index contributed by atoms with van der Waals surface area (Å²) in [7, 11) is 0. The molecule has 236 valence electrons. The van der Waals surface area contributed by atoms with Crippen molar-refractivity contribution in [1.29, 1.82) is 0 Å². The molecule has 0 aromatic carbocycles. The Labute approximate surface area is 259 Å². The van der Waals surface area contributed by atoms with E-state index >= 15 is 0 Å². The summed E-state index contributed by atoms with van der Waals surface area (Å²) in [5.74, 6) is 2.61. The summed E-state index contributed by atoms with van der Waals surface area (Å²) in [5, 5.41) is 20.4. The highest BCUT2D eigenvalue weighted by molar-refractivity contribution is 5.34. The first-order valence-corrected chi connectivity index (χ1v) is 17.1. The second kappa shape index (κ2) is 15.4. The van der Waals surface area contributed by atoms with Gasteiger partial charge >= 0.3 is 0 Å². The first-order chi connectivity index (χ1) is 19.7. The molecular formula is C40H64O2. The van der Waals surface area contributed by atoms with E-state index in [9.17, 15) is 10.2 Å². The molecule has 1 unspecified atom stereocenters. The molecule has 1 saturated carbocycles. The zero-order chi connectivity index (χ0) is 31.1. The van der Waals surface area contributed by atoms with Gasteiger partial charge in [-0.25, -0.2) is 0 Å². The van der Waals surface area contributed by atoms with E-state index < -0.39 is 0 Å². The van der Waals surface area contributed by atoms with Gasteiger partial charge in [-0.15, -0.1) is 0 Å². The number of hydrogen-bond acceptors (Lipinski definition) is 2. The van der Waals surface area contributed by atoms with E-state index in [4.69, 9.17) is 0 Å². The fourth-order valence-corrected chi connectivity index (χ4v) is 7.48. The lowest BCUT2D eigenvalue weighted by Gasteiger charge is -2.37. The molecule has 0 spiro atoms. The van der Waals surface area contributed by atoms with Crippen LogP contribution in [0, 0.1) is 34.5 Å². The lowest BCUT2D eigenvalue weighted by Crippen LogP contribution is -2.32. The lowest BCUT2D eigenvalue weighted by molar-refractivity contribution is 0.0811. The van der Waals surface area contributed by atoms with Gasteiger partial charge in [0, 0.05) is 5.92 Å². The van der Waals surface area contributed by atoms with Gasteiger partial charge in [0.25, 0.3) is 0 Å². The van der Waals surface area contributed by atoms with Crippen LogP contribution in [0.5, 0.6) is 0 Å². The molecule has 2 nitrogen and oxygen atoms in total. The first-order valence-electron chi connectivity index (χ1n) is 17.1. The zero-order valence-corrected chi connectivity index (χ0v) is 28.7. The normalized spacial score (nSPS) is 30.7. The van der Waals surface area contributed by atoms with E-state index in [1.165, 1.54) is 48.8 Å². The molecule has 0 bridgehead atoms. The Morgan fingerprint density at radius 3 is 2.45 bits per heavy atom. The summed E-state index contributed by atoms with van der Waals surface area (Å²) in [6, 6.07) is 0. The first kappa shape index (κ1) is 34.8. The second-order valence-corrected chi connectivity index (χ2v) is 15.7. The predicted octanol–water partition coefficient (Wildman–Crippen LogP) is 10.8. The second-order valence-electron chi connectivity index (χ2n) is 15.7. The van der Waals surface area contributed by atoms with Crippen LogP contribution in [-0.4, -0.2) is 22.4 Å². The molecule has 0 aromatic rings. The summed E-state index contributed by atoms with van der Waals surface area (Å²) in [4.78, 5) is 0. The molecule has 0 saturated heterocycles. The molecule has 0 aromatic heterocycles. The number of aliphatic hydroxyl groups is 2. The van der Waals surface area contributed by atoms with Crippen LogP contribution in [0.2, 0.25) is 0 Å². The third-order valence-corrected chi connectivity index (χ3v) is 10.4. The van der Waals surface area contributed by atoms with Crippen molar-refractivity contribution >= 4 is 0 Å². The van der Waals surface area contributed by atoms with Gasteiger partial charge < -0.3 is 10.2 Å². The average molecular weight is 577 g/mol. The minimum atomic E-state index is -0.198. The molecule has 6 atom stereocenters. The van der Waals surface area contributed by atoms with Crippen LogP contribution in [0.25, 0.3) is 0 Å². The molecule has 3 aliphatic rings. The van der Waals surface area contributed by atoms with E-state index in [0.29, 0.717) is 11.8 Å². The monoisotopic (exact) mass is 576 g/mol. The minimum Gasteiger partial charge on any atom is -0.393 e. The largest absolute Gasteiger partial charge is 0.393 e. The van der Waals surface area contributed by atoms with Gasteiger partial charge in [0.2, 0.25) is 0 Å². The van der Waals surface area contributed by atoms with Gasteiger partial charge in [0.05, 0.1) is 12.2 Å². The van der Waals surface area contributed by atoms with Gasteiger partial charge in [0.1, 0.15) is 0 Å². The highest BCUT2D eigenvalue weighted by atomic mass is 16.3. The van der Waals surface area contributed by atoms with Gasteiger partial charge in [-0.3, -0.25) is 0 Å². The van der Waals surface area contributed by atoms with Crippen molar-refractivity contribution in [3.8, 4) is 0 Å². The molecule has 3 rings (SSSR count). The van der Waals surface area contributed by atoms with Crippen LogP contribution in [0.15, 0.2) is 70.4 Å². The molecule has 2 N–H and O–H groups in total. The maximum atomic E-state index is 10.3. The van der Waals surface area contributed by atoms with Crippen molar-refractivity contribution in [2.24, 2.45) is 34.5 Å². The predicted molar refractivity (Wildman–Crippen MR) is 182 cm³/mol. The van der Waals surface area contributed by atoms with Crippen molar-refractivity contribution in [2.45, 2.75) is 145 Å². The topological polar surface area (TPSA) is 40.5 Å². The number of hydrogen-bond donors (Lipinski definition) is 2. The number of allylic oxidation sites excluding steroid dienone is 10. The molecule has 1 fully saturated rings. The SMILES string of the molecule is CC1=C(/C=C/C(C)C/C=C/C(C)=C\CC/C=C(\C)CCC[C@H]2C[C@@H]2CC2=C[C@H](C)[C@H](O)CC2(C)C)C(C)(C)C[C@@H](O)C1. The van der Waals surface area contributed by atoms with Crippen LogP contribution >= 0.6 is 0 Å². The molecule has 42 heavy (non-hydrogen) atoms. The van der Waals surface area contributed by atoms with Crippen LogP contribution in [0.3, 0.4) is 0 Å². The maximum Gasteiger partial charge on any atom is 0.0608 e. The van der Waals surface area contributed by atoms with E-state index in [1.54, 1.807) is 11.1 Å². The zero-order valence-electron chi connectivity index (χ0n) is 28.7. The van der Waals surface area contributed by atoms with Crippen LogP contribution < -0.4 is 0 Å². The molecule has 3 aliphatic carbocycles. The Morgan fingerprint density at radius 1 is 1.02 bits per heavy atom. The van der Waals surface area contributed by atoms with Crippen molar-refractivity contribution < 1.29 is 10.2 Å². The molecule has 0 heterocycles. The standard InChI is InChI=1S/C40H64O2/c1-28(16-12-17-30(3)20-21-37-31(4)23-36(41)26-40(37,8)9)14-10-11-15-29(2)18-13-19-33-24-34(33)25-35-22-32(5)38(42)27-39(35,6)7/h12,14-16,20-22,30,32-34,36,38,41-42H,10-11,13,17-19,23-27H2,1-9H3/b16-12+,21-20+,28-14-,29-15+/t30?,32-,33-,34+,36-,38+/m0/s1. The van der Waals surface area contributed by atoms with E-state index in [2.05, 4.69) is 105 Å². The van der Waals surface area contributed by atoms with Crippen LogP contribution in [0.1, 0.15) is 133 Å². The Balaban J connectivity index is 1.30.